The number of nitriles is 1. The second-order valence-corrected chi connectivity index (χ2v) is 6.72. The molecule has 2 rings (SSSR count). The van der Waals surface area contributed by atoms with Crippen LogP contribution >= 0.6 is 0 Å². The van der Waals surface area contributed by atoms with Crippen LogP contribution in [0.15, 0.2) is 23.1 Å². The highest BCUT2D eigenvalue weighted by atomic mass is 32.2. The molecule has 96 valence electrons. The third kappa shape index (κ3) is 2.21. The molecule has 18 heavy (non-hydrogen) atoms. The number of fused-ring (bicyclic) bond motifs is 1. The number of sulfone groups is 1. The highest BCUT2D eigenvalue weighted by Gasteiger charge is 2.33. The molecule has 0 aromatic heterocycles. The summed E-state index contributed by atoms with van der Waals surface area (Å²) in [7, 11) is -1.32. The molecule has 1 unspecified atom stereocenters. The maximum Gasteiger partial charge on any atom is 0.182 e. The molecule has 1 aliphatic heterocycles. The normalized spacial score (nSPS) is 21.2. The van der Waals surface area contributed by atoms with Crippen LogP contribution in [0, 0.1) is 18.3 Å². The van der Waals surface area contributed by atoms with E-state index in [0.717, 1.165) is 11.3 Å². The van der Waals surface area contributed by atoms with E-state index in [1.54, 1.807) is 6.07 Å². The van der Waals surface area contributed by atoms with Gasteiger partial charge in [0.25, 0.3) is 0 Å². The highest BCUT2D eigenvalue weighted by molar-refractivity contribution is 7.91. The van der Waals surface area contributed by atoms with Gasteiger partial charge in [-0.3, -0.25) is 0 Å². The topological polar surface area (TPSA) is 61.2 Å². The molecule has 0 spiro atoms. The number of nitrogens with zero attached hydrogens (tertiary/aromatic N) is 2. The van der Waals surface area contributed by atoms with Gasteiger partial charge in [-0.15, -0.1) is 0 Å². The maximum atomic E-state index is 12.2. The summed E-state index contributed by atoms with van der Waals surface area (Å²) < 4.78 is 24.4. The summed E-state index contributed by atoms with van der Waals surface area (Å²) in [4.78, 5) is 2.39. The van der Waals surface area contributed by atoms with Crippen LogP contribution < -0.4 is 4.90 Å². The second kappa shape index (κ2) is 4.62. The zero-order valence-corrected chi connectivity index (χ0v) is 11.4. The van der Waals surface area contributed by atoms with Crippen molar-refractivity contribution in [1.82, 2.24) is 0 Å². The number of anilines is 1. The fraction of sp³-hybridized carbons (Fsp3) is 0.462. The number of rotatable bonds is 2. The van der Waals surface area contributed by atoms with Gasteiger partial charge >= 0.3 is 0 Å². The summed E-state index contributed by atoms with van der Waals surface area (Å²) >= 11 is 0. The summed E-state index contributed by atoms with van der Waals surface area (Å²) in [5, 5.41) is 8.63. The first-order chi connectivity index (χ1) is 8.45. The molecule has 1 heterocycles. The van der Waals surface area contributed by atoms with Gasteiger partial charge in [0, 0.05) is 19.5 Å². The summed E-state index contributed by atoms with van der Waals surface area (Å²) in [6.07, 6.45) is 0.964. The van der Waals surface area contributed by atoms with Crippen LogP contribution in [0.4, 0.5) is 5.69 Å². The Morgan fingerprint density at radius 3 is 2.89 bits per heavy atom. The van der Waals surface area contributed by atoms with Gasteiger partial charge in [0.05, 0.1) is 22.4 Å². The summed E-state index contributed by atoms with van der Waals surface area (Å²) in [6, 6.07) is 7.36. The number of aryl methyl sites for hydroxylation is 1. The Morgan fingerprint density at radius 1 is 1.50 bits per heavy atom. The van der Waals surface area contributed by atoms with E-state index in [9.17, 15) is 8.42 Å². The van der Waals surface area contributed by atoms with Crippen molar-refractivity contribution in [2.24, 2.45) is 0 Å². The summed E-state index contributed by atoms with van der Waals surface area (Å²) in [5.41, 5.74) is 1.79. The predicted octanol–water partition coefficient (Wildman–Crippen LogP) is 1.89. The van der Waals surface area contributed by atoms with E-state index in [-0.39, 0.29) is 11.8 Å². The summed E-state index contributed by atoms with van der Waals surface area (Å²) in [5.74, 6) is 0.0985. The van der Waals surface area contributed by atoms with Crippen molar-refractivity contribution >= 4 is 15.5 Å². The Morgan fingerprint density at radius 2 is 2.22 bits per heavy atom. The predicted molar refractivity (Wildman–Crippen MR) is 70.3 cm³/mol. The van der Waals surface area contributed by atoms with Gasteiger partial charge in [-0.05, 0) is 31.0 Å². The molecule has 0 amide bonds. The van der Waals surface area contributed by atoms with E-state index >= 15 is 0 Å². The lowest BCUT2D eigenvalue weighted by Crippen LogP contribution is -2.42. The van der Waals surface area contributed by atoms with Crippen molar-refractivity contribution in [1.29, 1.82) is 5.26 Å². The van der Waals surface area contributed by atoms with Crippen LogP contribution in [0.2, 0.25) is 0 Å². The van der Waals surface area contributed by atoms with Gasteiger partial charge in [0.15, 0.2) is 9.84 Å². The lowest BCUT2D eigenvalue weighted by atomic mass is 10.1. The third-order valence-electron chi connectivity index (χ3n) is 3.38. The Balaban J connectivity index is 2.46. The van der Waals surface area contributed by atoms with Crippen LogP contribution in [-0.4, -0.2) is 27.3 Å². The van der Waals surface area contributed by atoms with Crippen LogP contribution in [-0.2, 0) is 9.84 Å². The van der Waals surface area contributed by atoms with Crippen molar-refractivity contribution < 1.29 is 8.42 Å². The number of benzene rings is 1. The standard InChI is InChI=1S/C13H16N2O2S/c1-10-5-6-13-12(8-10)15(2)11(4-3-7-14)9-18(13,16)17/h5-6,8,11H,3-4,9H2,1-2H3. The molecular weight excluding hydrogens is 248 g/mol. The van der Waals surface area contributed by atoms with Crippen LogP contribution in [0.3, 0.4) is 0 Å². The smallest absolute Gasteiger partial charge is 0.182 e. The lowest BCUT2D eigenvalue weighted by molar-refractivity contribution is 0.560. The Bertz CT molecular complexity index is 602. The molecule has 1 aromatic rings. The van der Waals surface area contributed by atoms with Crippen LogP contribution in [0.25, 0.3) is 0 Å². The fourth-order valence-electron chi connectivity index (χ4n) is 2.33. The first-order valence-corrected chi connectivity index (χ1v) is 7.54. The molecule has 1 aliphatic rings. The van der Waals surface area contributed by atoms with E-state index in [1.807, 2.05) is 31.0 Å². The Kier molecular flexibility index (Phi) is 3.31. The second-order valence-electron chi connectivity index (χ2n) is 4.71. The zero-order chi connectivity index (χ0) is 13.3. The average molecular weight is 264 g/mol. The number of hydrogen-bond donors (Lipinski definition) is 0. The van der Waals surface area contributed by atoms with E-state index in [1.165, 1.54) is 0 Å². The zero-order valence-electron chi connectivity index (χ0n) is 10.5. The van der Waals surface area contributed by atoms with Gasteiger partial charge < -0.3 is 4.90 Å². The van der Waals surface area contributed by atoms with Crippen molar-refractivity contribution in [2.45, 2.75) is 30.7 Å². The molecular formula is C13H16N2O2S. The van der Waals surface area contributed by atoms with Gasteiger partial charge in [-0.25, -0.2) is 8.42 Å². The van der Waals surface area contributed by atoms with E-state index in [4.69, 9.17) is 5.26 Å². The van der Waals surface area contributed by atoms with E-state index in [2.05, 4.69) is 6.07 Å². The van der Waals surface area contributed by atoms with Crippen LogP contribution in [0.1, 0.15) is 18.4 Å². The highest BCUT2D eigenvalue weighted by Crippen LogP contribution is 2.34. The molecule has 1 aromatic carbocycles. The van der Waals surface area contributed by atoms with Gasteiger partial charge in [-0.2, -0.15) is 5.26 Å². The molecule has 0 saturated heterocycles. The lowest BCUT2D eigenvalue weighted by Gasteiger charge is -2.35. The van der Waals surface area contributed by atoms with E-state index < -0.39 is 9.84 Å². The molecule has 0 bridgehead atoms. The van der Waals surface area contributed by atoms with Crippen molar-refractivity contribution in [3.63, 3.8) is 0 Å². The van der Waals surface area contributed by atoms with Crippen molar-refractivity contribution in [3.05, 3.63) is 23.8 Å². The molecule has 1 atom stereocenters. The van der Waals surface area contributed by atoms with Crippen molar-refractivity contribution in [2.75, 3.05) is 17.7 Å². The molecule has 0 aliphatic carbocycles. The maximum absolute atomic E-state index is 12.2. The first kappa shape index (κ1) is 12.9. The Labute approximate surface area is 108 Å². The molecule has 5 heteroatoms. The van der Waals surface area contributed by atoms with Gasteiger partial charge in [0.1, 0.15) is 0 Å². The first-order valence-electron chi connectivity index (χ1n) is 5.89. The van der Waals surface area contributed by atoms with Gasteiger partial charge in [-0.1, -0.05) is 6.07 Å². The minimum absolute atomic E-state index is 0.0985. The molecule has 0 saturated carbocycles. The number of hydrogen-bond acceptors (Lipinski definition) is 4. The molecule has 0 radical (unpaired) electrons. The fourth-order valence-corrected chi connectivity index (χ4v) is 4.20. The molecule has 4 nitrogen and oxygen atoms in total. The van der Waals surface area contributed by atoms with Gasteiger partial charge in [0.2, 0.25) is 0 Å². The van der Waals surface area contributed by atoms with Crippen LogP contribution in [0.5, 0.6) is 0 Å². The minimum Gasteiger partial charge on any atom is -0.369 e. The van der Waals surface area contributed by atoms with E-state index in [0.29, 0.717) is 17.7 Å². The quantitative estimate of drug-likeness (QED) is 0.818. The minimum atomic E-state index is -3.22. The Hall–Kier alpha value is -1.54. The third-order valence-corrected chi connectivity index (χ3v) is 5.22. The summed E-state index contributed by atoms with van der Waals surface area (Å²) in [6.45, 7) is 1.94. The molecule has 0 fully saturated rings. The van der Waals surface area contributed by atoms with Crippen molar-refractivity contribution in [3.8, 4) is 6.07 Å². The largest absolute Gasteiger partial charge is 0.369 e. The SMILES string of the molecule is Cc1ccc2c(c1)N(C)C(CCC#N)CS2(=O)=O. The average Bonchev–Trinajstić information content (AvgIpc) is 2.31. The molecule has 0 N–H and O–H groups in total. The monoisotopic (exact) mass is 264 g/mol.